The minimum atomic E-state index is -0.528. The monoisotopic (exact) mass is 282 g/mol. The van der Waals surface area contributed by atoms with Crippen LogP contribution in [0.3, 0.4) is 0 Å². The van der Waals surface area contributed by atoms with Crippen molar-refractivity contribution in [3.63, 3.8) is 0 Å². The lowest BCUT2D eigenvalue weighted by Crippen LogP contribution is -2.03. The Kier molecular flexibility index (Phi) is 4.00. The van der Waals surface area contributed by atoms with E-state index in [-0.39, 0.29) is 17.2 Å². The van der Waals surface area contributed by atoms with Gasteiger partial charge in [0.25, 0.3) is 0 Å². The van der Waals surface area contributed by atoms with Crippen LogP contribution in [0.25, 0.3) is 0 Å². The van der Waals surface area contributed by atoms with Gasteiger partial charge >= 0.3 is 0 Å². The molecule has 0 aliphatic rings. The highest BCUT2D eigenvalue weighted by atomic mass is 35.5. The summed E-state index contributed by atoms with van der Waals surface area (Å²) in [6, 6.07) is 11.0. The molecule has 0 aromatic heterocycles. The molecule has 0 saturated heterocycles. The lowest BCUT2D eigenvalue weighted by Gasteiger charge is -2.03. The molecule has 0 fully saturated rings. The number of hydrogen-bond donors (Lipinski definition) is 0. The van der Waals surface area contributed by atoms with Crippen LogP contribution in [0.15, 0.2) is 42.5 Å². The molecule has 0 aliphatic heterocycles. The summed E-state index contributed by atoms with van der Waals surface area (Å²) in [5, 5.41) is 0.577. The Labute approximate surface area is 114 Å². The molecule has 0 amide bonds. The van der Waals surface area contributed by atoms with Crippen LogP contribution in [0.1, 0.15) is 15.9 Å². The molecule has 2 aromatic carbocycles. The van der Waals surface area contributed by atoms with E-state index in [1.807, 2.05) is 0 Å². The molecule has 2 aromatic rings. The third-order valence-electron chi connectivity index (χ3n) is 2.52. The lowest BCUT2D eigenvalue weighted by molar-refractivity contribution is 0.0993. The fourth-order valence-corrected chi connectivity index (χ4v) is 1.87. The maximum absolute atomic E-state index is 13.0. The summed E-state index contributed by atoms with van der Waals surface area (Å²) in [5.41, 5.74) is 1.25. The molecule has 0 atom stereocenters. The number of carbonyl (C=O) groups excluding carboxylic acids is 1. The second-order valence-electron chi connectivity index (χ2n) is 3.86. The first kappa shape index (κ1) is 13.1. The summed E-state index contributed by atoms with van der Waals surface area (Å²) in [6.45, 7) is 0. The normalized spacial score (nSPS) is 10.4. The molecule has 2 rings (SSSR count). The number of halogens is 3. The maximum Gasteiger partial charge on any atom is 0.167 e. The summed E-state index contributed by atoms with van der Waals surface area (Å²) < 4.78 is 13.0. The van der Waals surface area contributed by atoms with Crippen molar-refractivity contribution in [3.05, 3.63) is 69.5 Å². The standard InChI is InChI=1S/C14H9Cl2FO/c15-11-4-1-9(2-5-11)7-14(18)10-3-6-13(17)12(16)8-10/h1-6,8H,7H2. The minimum absolute atomic E-state index is 0.0445. The van der Waals surface area contributed by atoms with Crippen molar-refractivity contribution >= 4 is 29.0 Å². The first-order valence-corrected chi connectivity index (χ1v) is 6.04. The Balaban J connectivity index is 2.16. The number of carbonyl (C=O) groups is 1. The van der Waals surface area contributed by atoms with Crippen LogP contribution < -0.4 is 0 Å². The van der Waals surface area contributed by atoms with Gasteiger partial charge in [0.1, 0.15) is 5.82 Å². The van der Waals surface area contributed by atoms with E-state index in [4.69, 9.17) is 23.2 Å². The van der Waals surface area contributed by atoms with Crippen molar-refractivity contribution in [2.45, 2.75) is 6.42 Å². The molecule has 0 unspecified atom stereocenters. The molecule has 92 valence electrons. The Morgan fingerprint density at radius 3 is 2.33 bits per heavy atom. The van der Waals surface area contributed by atoms with Crippen LogP contribution in [0, 0.1) is 5.82 Å². The molecule has 1 nitrogen and oxygen atoms in total. The van der Waals surface area contributed by atoms with Crippen molar-refractivity contribution in [1.29, 1.82) is 0 Å². The van der Waals surface area contributed by atoms with Crippen molar-refractivity contribution in [3.8, 4) is 0 Å². The molecule has 0 spiro atoms. The number of hydrogen-bond acceptors (Lipinski definition) is 1. The second-order valence-corrected chi connectivity index (χ2v) is 4.70. The van der Waals surface area contributed by atoms with Crippen molar-refractivity contribution in [2.24, 2.45) is 0 Å². The average molecular weight is 283 g/mol. The van der Waals surface area contributed by atoms with E-state index in [1.165, 1.54) is 18.2 Å². The highest BCUT2D eigenvalue weighted by Crippen LogP contribution is 2.18. The molecule has 0 aliphatic carbocycles. The van der Waals surface area contributed by atoms with Gasteiger partial charge < -0.3 is 0 Å². The molecular weight excluding hydrogens is 274 g/mol. The van der Waals surface area contributed by atoms with Crippen molar-refractivity contribution in [2.75, 3.05) is 0 Å². The summed E-state index contributed by atoms with van der Waals surface area (Å²) in [7, 11) is 0. The Bertz CT molecular complexity index is 579. The van der Waals surface area contributed by atoms with Gasteiger partial charge in [-0.2, -0.15) is 0 Å². The van der Waals surface area contributed by atoms with E-state index in [1.54, 1.807) is 24.3 Å². The van der Waals surface area contributed by atoms with Gasteiger partial charge in [0.05, 0.1) is 5.02 Å². The molecule has 0 saturated carbocycles. The van der Waals surface area contributed by atoms with Crippen LogP contribution in [-0.4, -0.2) is 5.78 Å². The summed E-state index contributed by atoms with van der Waals surface area (Å²) >= 11 is 11.4. The van der Waals surface area contributed by atoms with E-state index in [0.29, 0.717) is 10.6 Å². The van der Waals surface area contributed by atoms with Crippen LogP contribution in [0.2, 0.25) is 10.0 Å². The fourth-order valence-electron chi connectivity index (χ4n) is 1.56. The Morgan fingerprint density at radius 2 is 1.72 bits per heavy atom. The van der Waals surface area contributed by atoms with Crippen LogP contribution >= 0.6 is 23.2 Å². The first-order chi connectivity index (χ1) is 8.56. The van der Waals surface area contributed by atoms with Gasteiger partial charge in [0, 0.05) is 17.0 Å². The number of benzene rings is 2. The molecule has 0 heterocycles. The van der Waals surface area contributed by atoms with Crippen LogP contribution in [0.4, 0.5) is 4.39 Å². The van der Waals surface area contributed by atoms with Gasteiger partial charge in [-0.3, -0.25) is 4.79 Å². The van der Waals surface area contributed by atoms with Crippen molar-refractivity contribution in [1.82, 2.24) is 0 Å². The van der Waals surface area contributed by atoms with E-state index < -0.39 is 5.82 Å². The molecule has 18 heavy (non-hydrogen) atoms. The highest BCUT2D eigenvalue weighted by molar-refractivity contribution is 6.31. The molecule has 0 radical (unpaired) electrons. The quantitative estimate of drug-likeness (QED) is 0.755. The van der Waals surface area contributed by atoms with Gasteiger partial charge in [-0.05, 0) is 35.9 Å². The first-order valence-electron chi connectivity index (χ1n) is 5.29. The topological polar surface area (TPSA) is 17.1 Å². The largest absolute Gasteiger partial charge is 0.294 e. The minimum Gasteiger partial charge on any atom is -0.294 e. The van der Waals surface area contributed by atoms with Gasteiger partial charge in [-0.1, -0.05) is 35.3 Å². The molecular formula is C14H9Cl2FO. The smallest absolute Gasteiger partial charge is 0.167 e. The zero-order valence-corrected chi connectivity index (χ0v) is 10.8. The van der Waals surface area contributed by atoms with Gasteiger partial charge in [-0.15, -0.1) is 0 Å². The van der Waals surface area contributed by atoms with Crippen LogP contribution in [-0.2, 0) is 6.42 Å². The molecule has 0 N–H and O–H groups in total. The third kappa shape index (κ3) is 3.09. The fraction of sp³-hybridized carbons (Fsp3) is 0.0714. The van der Waals surface area contributed by atoms with E-state index in [0.717, 1.165) is 5.56 Å². The van der Waals surface area contributed by atoms with E-state index in [2.05, 4.69) is 0 Å². The molecule has 4 heteroatoms. The Hall–Kier alpha value is -1.38. The van der Waals surface area contributed by atoms with E-state index >= 15 is 0 Å². The third-order valence-corrected chi connectivity index (χ3v) is 3.06. The van der Waals surface area contributed by atoms with Gasteiger partial charge in [0.2, 0.25) is 0 Å². The molecule has 0 bridgehead atoms. The SMILES string of the molecule is O=C(Cc1ccc(Cl)cc1)c1ccc(F)c(Cl)c1. The lowest BCUT2D eigenvalue weighted by atomic mass is 10.0. The zero-order chi connectivity index (χ0) is 13.1. The Morgan fingerprint density at radius 1 is 1.06 bits per heavy atom. The predicted octanol–water partition coefficient (Wildman–Crippen LogP) is 4.56. The average Bonchev–Trinajstić information content (AvgIpc) is 2.35. The second kappa shape index (κ2) is 5.51. The van der Waals surface area contributed by atoms with Crippen molar-refractivity contribution < 1.29 is 9.18 Å². The maximum atomic E-state index is 13.0. The zero-order valence-electron chi connectivity index (χ0n) is 9.29. The van der Waals surface area contributed by atoms with Crippen LogP contribution in [0.5, 0.6) is 0 Å². The summed E-state index contributed by atoms with van der Waals surface area (Å²) in [6.07, 6.45) is 0.235. The number of Topliss-reactive ketones (excluding diaryl/α,β-unsaturated/α-hetero) is 1. The van der Waals surface area contributed by atoms with Gasteiger partial charge in [-0.25, -0.2) is 4.39 Å². The number of rotatable bonds is 3. The summed E-state index contributed by atoms with van der Waals surface area (Å²) in [4.78, 5) is 11.9. The van der Waals surface area contributed by atoms with E-state index in [9.17, 15) is 9.18 Å². The summed E-state index contributed by atoms with van der Waals surface area (Å²) in [5.74, 6) is -0.640. The van der Waals surface area contributed by atoms with Gasteiger partial charge in [0.15, 0.2) is 5.78 Å². The predicted molar refractivity (Wildman–Crippen MR) is 70.9 cm³/mol. The highest BCUT2D eigenvalue weighted by Gasteiger charge is 2.09. The number of ketones is 1.